The van der Waals surface area contributed by atoms with Crippen molar-refractivity contribution in [2.24, 2.45) is 0 Å². The number of aromatic nitrogens is 2. The van der Waals surface area contributed by atoms with Gasteiger partial charge in [0.1, 0.15) is 11.3 Å². The highest BCUT2D eigenvalue weighted by molar-refractivity contribution is 6.31. The number of amides is 2. The number of halogens is 2. The van der Waals surface area contributed by atoms with E-state index < -0.39 is 5.60 Å². The molecule has 2 heterocycles. The first-order valence-electron chi connectivity index (χ1n) is 11.8. The number of rotatable bonds is 4. The van der Waals surface area contributed by atoms with Gasteiger partial charge in [-0.3, -0.25) is 9.78 Å². The van der Waals surface area contributed by atoms with Crippen molar-refractivity contribution < 1.29 is 14.3 Å². The second kappa shape index (κ2) is 10.8. The number of hydrogen-bond acceptors (Lipinski definition) is 5. The van der Waals surface area contributed by atoms with Crippen molar-refractivity contribution in [3.8, 4) is 22.5 Å². The third-order valence-corrected chi connectivity index (χ3v) is 6.15. The number of hydrogen-bond donors (Lipinski definition) is 1. The van der Waals surface area contributed by atoms with Crippen LogP contribution in [-0.4, -0.2) is 51.6 Å². The summed E-state index contributed by atoms with van der Waals surface area (Å²) in [6.07, 6.45) is 2.61. The number of piperidine rings is 1. The van der Waals surface area contributed by atoms with E-state index in [2.05, 4.69) is 15.3 Å². The van der Waals surface area contributed by atoms with Gasteiger partial charge in [0.15, 0.2) is 0 Å². The maximum Gasteiger partial charge on any atom is 0.410 e. The third-order valence-electron chi connectivity index (χ3n) is 5.65. The molecular formula is C27H28Cl2N4O3. The predicted molar refractivity (Wildman–Crippen MR) is 141 cm³/mol. The van der Waals surface area contributed by atoms with Crippen molar-refractivity contribution in [3.63, 3.8) is 0 Å². The summed E-state index contributed by atoms with van der Waals surface area (Å²) < 4.78 is 5.49. The summed E-state index contributed by atoms with van der Waals surface area (Å²) in [5, 5.41) is 4.22. The summed E-state index contributed by atoms with van der Waals surface area (Å²) in [5.41, 5.74) is 2.39. The molecule has 0 radical (unpaired) electrons. The number of nitrogens with zero attached hydrogens (tertiary/aromatic N) is 3. The lowest BCUT2D eigenvalue weighted by atomic mass is 10.0. The molecule has 1 unspecified atom stereocenters. The minimum absolute atomic E-state index is 0.187. The van der Waals surface area contributed by atoms with Gasteiger partial charge in [0.05, 0.1) is 17.6 Å². The van der Waals surface area contributed by atoms with Gasteiger partial charge in [0.25, 0.3) is 5.91 Å². The van der Waals surface area contributed by atoms with E-state index in [4.69, 9.17) is 27.9 Å². The van der Waals surface area contributed by atoms with E-state index in [0.29, 0.717) is 34.5 Å². The lowest BCUT2D eigenvalue weighted by Gasteiger charge is -2.34. The van der Waals surface area contributed by atoms with Gasteiger partial charge in [0, 0.05) is 40.3 Å². The first-order chi connectivity index (χ1) is 17.1. The van der Waals surface area contributed by atoms with E-state index >= 15 is 0 Å². The molecule has 1 aliphatic heterocycles. The largest absolute Gasteiger partial charge is 0.444 e. The first-order valence-corrected chi connectivity index (χ1v) is 12.5. The number of nitrogens with one attached hydrogen (secondary N) is 1. The minimum Gasteiger partial charge on any atom is -0.444 e. The van der Waals surface area contributed by atoms with E-state index in [9.17, 15) is 9.59 Å². The molecule has 1 atom stereocenters. The van der Waals surface area contributed by atoms with Crippen molar-refractivity contribution in [2.75, 3.05) is 13.1 Å². The molecule has 2 aromatic carbocycles. The fourth-order valence-electron chi connectivity index (χ4n) is 3.97. The molecule has 0 spiro atoms. The zero-order valence-electron chi connectivity index (χ0n) is 20.4. The van der Waals surface area contributed by atoms with Gasteiger partial charge in [-0.25, -0.2) is 9.78 Å². The van der Waals surface area contributed by atoms with Gasteiger partial charge >= 0.3 is 6.09 Å². The maximum atomic E-state index is 13.2. The van der Waals surface area contributed by atoms with Crippen LogP contribution in [0.5, 0.6) is 0 Å². The fourth-order valence-corrected chi connectivity index (χ4v) is 4.23. The Morgan fingerprint density at radius 3 is 2.14 bits per heavy atom. The maximum absolute atomic E-state index is 13.2. The lowest BCUT2D eigenvalue weighted by molar-refractivity contribution is 0.0185. The van der Waals surface area contributed by atoms with Crippen LogP contribution in [0.3, 0.4) is 0 Å². The molecule has 0 saturated carbocycles. The summed E-state index contributed by atoms with van der Waals surface area (Å²) in [4.78, 5) is 36.6. The zero-order chi connectivity index (χ0) is 25.9. The van der Waals surface area contributed by atoms with E-state index in [1.54, 1.807) is 29.2 Å². The smallest absolute Gasteiger partial charge is 0.410 e. The zero-order valence-corrected chi connectivity index (χ0v) is 21.9. The molecular weight excluding hydrogens is 499 g/mol. The fraction of sp³-hybridized carbons (Fsp3) is 0.333. The van der Waals surface area contributed by atoms with E-state index in [1.165, 1.54) is 6.20 Å². The molecule has 0 aliphatic carbocycles. The molecule has 3 aromatic rings. The lowest BCUT2D eigenvalue weighted by Crippen LogP contribution is -2.50. The van der Waals surface area contributed by atoms with Crippen LogP contribution in [0, 0.1) is 0 Å². The quantitative estimate of drug-likeness (QED) is 0.434. The van der Waals surface area contributed by atoms with Gasteiger partial charge in [0.2, 0.25) is 0 Å². The topological polar surface area (TPSA) is 84.4 Å². The van der Waals surface area contributed by atoms with Crippen LogP contribution < -0.4 is 5.32 Å². The highest BCUT2D eigenvalue weighted by Gasteiger charge is 2.29. The number of ether oxygens (including phenoxy) is 1. The second-order valence-electron chi connectivity index (χ2n) is 9.71. The highest BCUT2D eigenvalue weighted by atomic mass is 35.5. The average Bonchev–Trinajstić information content (AvgIpc) is 2.84. The first kappa shape index (κ1) is 25.9. The van der Waals surface area contributed by atoms with Crippen LogP contribution in [0.1, 0.15) is 44.1 Å². The minimum atomic E-state index is -0.577. The molecule has 2 amide bonds. The number of benzene rings is 2. The summed E-state index contributed by atoms with van der Waals surface area (Å²) in [7, 11) is 0. The second-order valence-corrected chi connectivity index (χ2v) is 10.6. The molecule has 7 nitrogen and oxygen atoms in total. The van der Waals surface area contributed by atoms with Crippen LogP contribution in [0.4, 0.5) is 4.79 Å². The van der Waals surface area contributed by atoms with E-state index in [0.717, 1.165) is 24.0 Å². The van der Waals surface area contributed by atoms with Gasteiger partial charge in [-0.15, -0.1) is 0 Å². The Morgan fingerprint density at radius 2 is 1.56 bits per heavy atom. The van der Waals surface area contributed by atoms with Crippen molar-refractivity contribution >= 4 is 35.2 Å². The monoisotopic (exact) mass is 526 g/mol. The van der Waals surface area contributed by atoms with Gasteiger partial charge < -0.3 is 15.0 Å². The molecule has 4 rings (SSSR count). The Kier molecular flexibility index (Phi) is 7.81. The van der Waals surface area contributed by atoms with Crippen LogP contribution in [0.25, 0.3) is 22.5 Å². The van der Waals surface area contributed by atoms with Gasteiger partial charge in [-0.05, 0) is 57.9 Å². The summed E-state index contributed by atoms with van der Waals surface area (Å²) >= 11 is 12.1. The Labute approximate surface area is 220 Å². The standard InChI is InChI=1S/C27H28Cl2N4O3/c1-27(2,3)36-26(35)33-14-4-5-21(16-33)31-25(34)22-15-30-23(17-6-10-19(28)11-7-17)24(32-22)18-8-12-20(29)13-9-18/h6-13,15,21H,4-5,14,16H2,1-3H3,(H,31,34). The Morgan fingerprint density at radius 1 is 0.972 bits per heavy atom. The molecule has 9 heteroatoms. The molecule has 0 bridgehead atoms. The Bertz CT molecular complexity index is 1240. The van der Waals surface area contributed by atoms with Crippen molar-refractivity contribution in [3.05, 3.63) is 70.5 Å². The Balaban J connectivity index is 1.57. The van der Waals surface area contributed by atoms with Gasteiger partial charge in [-0.1, -0.05) is 47.5 Å². The van der Waals surface area contributed by atoms with Gasteiger partial charge in [-0.2, -0.15) is 0 Å². The summed E-state index contributed by atoms with van der Waals surface area (Å²) in [6, 6.07) is 14.3. The molecule has 1 aliphatic rings. The SMILES string of the molecule is CC(C)(C)OC(=O)N1CCCC(NC(=O)c2cnc(-c3ccc(Cl)cc3)c(-c3ccc(Cl)cc3)n2)C1. The van der Waals surface area contributed by atoms with E-state index in [1.807, 2.05) is 45.0 Å². The molecule has 1 fully saturated rings. The van der Waals surface area contributed by atoms with E-state index in [-0.39, 0.29) is 23.7 Å². The van der Waals surface area contributed by atoms with Crippen LogP contribution >= 0.6 is 23.2 Å². The normalized spacial score (nSPS) is 15.9. The van der Waals surface area contributed by atoms with Crippen molar-refractivity contribution in [1.82, 2.24) is 20.2 Å². The number of likely N-dealkylation sites (tertiary alicyclic amines) is 1. The van der Waals surface area contributed by atoms with Crippen LogP contribution in [0.15, 0.2) is 54.7 Å². The number of carbonyl (C=O) groups is 2. The molecule has 36 heavy (non-hydrogen) atoms. The molecule has 188 valence electrons. The molecule has 1 saturated heterocycles. The summed E-state index contributed by atoms with van der Waals surface area (Å²) in [5.74, 6) is -0.351. The number of carbonyl (C=O) groups excluding carboxylic acids is 2. The third kappa shape index (κ3) is 6.53. The molecule has 1 N–H and O–H groups in total. The highest BCUT2D eigenvalue weighted by Crippen LogP contribution is 2.30. The molecule has 1 aromatic heterocycles. The average molecular weight is 527 g/mol. The van der Waals surface area contributed by atoms with Crippen LogP contribution in [-0.2, 0) is 4.74 Å². The summed E-state index contributed by atoms with van der Waals surface area (Å²) in [6.45, 7) is 6.47. The van der Waals surface area contributed by atoms with Crippen molar-refractivity contribution in [2.45, 2.75) is 45.3 Å². The Hall–Kier alpha value is -3.16. The predicted octanol–water partition coefficient (Wildman–Crippen LogP) is 6.25. The van der Waals surface area contributed by atoms with Crippen molar-refractivity contribution in [1.29, 1.82) is 0 Å². The van der Waals surface area contributed by atoms with Crippen LogP contribution in [0.2, 0.25) is 10.0 Å².